The van der Waals surface area contributed by atoms with Gasteiger partial charge < -0.3 is 10.1 Å². The van der Waals surface area contributed by atoms with Crippen molar-refractivity contribution in [1.82, 2.24) is 4.31 Å². The number of ether oxygens (including phenoxy) is 1. The summed E-state index contributed by atoms with van der Waals surface area (Å²) in [5.74, 6) is 0.141. The van der Waals surface area contributed by atoms with Crippen LogP contribution in [0.3, 0.4) is 0 Å². The van der Waals surface area contributed by atoms with Crippen LogP contribution in [-0.4, -0.2) is 44.6 Å². The topological polar surface area (TPSA) is 75.7 Å². The monoisotopic (exact) mass is 340 g/mol. The van der Waals surface area contributed by atoms with Crippen molar-refractivity contribution in [3.8, 4) is 5.75 Å². The van der Waals surface area contributed by atoms with Crippen LogP contribution in [0, 0.1) is 5.92 Å². The third-order valence-corrected chi connectivity index (χ3v) is 5.10. The fourth-order valence-electron chi connectivity index (χ4n) is 2.60. The van der Waals surface area contributed by atoms with E-state index in [0.29, 0.717) is 37.4 Å². The van der Waals surface area contributed by atoms with E-state index in [1.54, 1.807) is 6.07 Å². The Morgan fingerprint density at radius 3 is 2.83 bits per heavy atom. The van der Waals surface area contributed by atoms with Gasteiger partial charge in [0.1, 0.15) is 5.75 Å². The van der Waals surface area contributed by atoms with E-state index in [9.17, 15) is 13.2 Å². The molecule has 0 spiro atoms. The average Bonchev–Trinajstić information content (AvgIpc) is 2.53. The van der Waals surface area contributed by atoms with E-state index in [1.165, 1.54) is 10.6 Å². The first-order valence-corrected chi connectivity index (χ1v) is 9.74. The number of anilines is 1. The fraction of sp³-hybridized carbons (Fsp3) is 0.562. The quantitative estimate of drug-likeness (QED) is 0.860. The predicted octanol–water partition coefficient (Wildman–Crippen LogP) is 2.09. The lowest BCUT2D eigenvalue weighted by atomic mass is 9.98. The van der Waals surface area contributed by atoms with Gasteiger partial charge in [-0.15, -0.1) is 0 Å². The molecule has 1 aliphatic heterocycles. The predicted molar refractivity (Wildman–Crippen MR) is 90.0 cm³/mol. The molecule has 0 aliphatic carbocycles. The molecule has 1 N–H and O–H groups in total. The second kappa shape index (κ2) is 7.79. The Hall–Kier alpha value is -1.60. The van der Waals surface area contributed by atoms with E-state index in [0.717, 1.165) is 6.42 Å². The van der Waals surface area contributed by atoms with E-state index >= 15 is 0 Å². The zero-order chi connectivity index (χ0) is 16.9. The second-order valence-electron chi connectivity index (χ2n) is 5.79. The summed E-state index contributed by atoms with van der Waals surface area (Å²) in [7, 11) is -3.26. The maximum absolute atomic E-state index is 12.5. The summed E-state index contributed by atoms with van der Waals surface area (Å²) in [4.78, 5) is 12.5. The number of carbonyl (C=O) groups excluding carboxylic acids is 1. The highest BCUT2D eigenvalue weighted by Crippen LogP contribution is 2.26. The third-order valence-electron chi connectivity index (χ3n) is 3.83. The van der Waals surface area contributed by atoms with Crippen LogP contribution in [0.25, 0.3) is 0 Å². The molecule has 0 aromatic heterocycles. The van der Waals surface area contributed by atoms with Crippen molar-refractivity contribution in [2.24, 2.45) is 5.92 Å². The average molecular weight is 340 g/mol. The molecule has 1 unspecified atom stereocenters. The normalized spacial score (nSPS) is 19.3. The lowest BCUT2D eigenvalue weighted by Gasteiger charge is -2.30. The molecule has 128 valence electrons. The molecule has 0 bridgehead atoms. The maximum atomic E-state index is 12.5. The van der Waals surface area contributed by atoms with Crippen LogP contribution in [0.5, 0.6) is 5.75 Å². The number of rotatable bonds is 6. The lowest BCUT2D eigenvalue weighted by Crippen LogP contribution is -2.43. The highest BCUT2D eigenvalue weighted by atomic mass is 32.2. The number of benzene rings is 1. The summed E-state index contributed by atoms with van der Waals surface area (Å²) in [6.45, 7) is 3.32. The van der Waals surface area contributed by atoms with Crippen LogP contribution in [0.4, 0.5) is 5.69 Å². The largest absolute Gasteiger partial charge is 0.491 e. The van der Waals surface area contributed by atoms with Crippen molar-refractivity contribution in [1.29, 1.82) is 0 Å². The van der Waals surface area contributed by atoms with Crippen molar-refractivity contribution in [2.45, 2.75) is 26.2 Å². The molecule has 1 saturated heterocycles. The highest BCUT2D eigenvalue weighted by molar-refractivity contribution is 7.88. The molecule has 1 aromatic carbocycles. The molecule has 1 aromatic rings. The summed E-state index contributed by atoms with van der Waals surface area (Å²) in [6.07, 6.45) is 3.45. The standard InChI is InChI=1S/C16H24N2O4S/c1-3-11-22-15-9-5-4-8-14(15)17-16(19)13-7-6-10-18(12-13)23(2,20)21/h4-5,8-9,13H,3,6-7,10-12H2,1-2H3,(H,17,19). The second-order valence-corrected chi connectivity index (χ2v) is 7.78. The Balaban J connectivity index is 2.04. The van der Waals surface area contributed by atoms with Gasteiger partial charge in [0.15, 0.2) is 0 Å². The van der Waals surface area contributed by atoms with Gasteiger partial charge in [0.2, 0.25) is 15.9 Å². The number of carbonyl (C=O) groups is 1. The van der Waals surface area contributed by atoms with Crippen LogP contribution in [-0.2, 0) is 14.8 Å². The van der Waals surface area contributed by atoms with E-state index in [4.69, 9.17) is 4.74 Å². The Bertz CT molecular complexity index is 645. The Morgan fingerprint density at radius 2 is 2.13 bits per heavy atom. The van der Waals surface area contributed by atoms with Gasteiger partial charge in [-0.05, 0) is 31.4 Å². The molecular formula is C16H24N2O4S. The Morgan fingerprint density at radius 1 is 1.39 bits per heavy atom. The number of amides is 1. The number of para-hydroxylation sites is 2. The lowest BCUT2D eigenvalue weighted by molar-refractivity contribution is -0.120. The maximum Gasteiger partial charge on any atom is 0.228 e. The van der Waals surface area contributed by atoms with Gasteiger partial charge in [-0.2, -0.15) is 0 Å². The van der Waals surface area contributed by atoms with Crippen molar-refractivity contribution >= 4 is 21.6 Å². The van der Waals surface area contributed by atoms with E-state index < -0.39 is 10.0 Å². The van der Waals surface area contributed by atoms with E-state index in [-0.39, 0.29) is 18.4 Å². The summed E-state index contributed by atoms with van der Waals surface area (Å²) in [6, 6.07) is 7.29. The molecule has 23 heavy (non-hydrogen) atoms. The first-order chi connectivity index (χ1) is 10.9. The molecule has 1 fully saturated rings. The van der Waals surface area contributed by atoms with Crippen molar-refractivity contribution < 1.29 is 17.9 Å². The van der Waals surface area contributed by atoms with Gasteiger partial charge >= 0.3 is 0 Å². The smallest absolute Gasteiger partial charge is 0.228 e. The summed E-state index contributed by atoms with van der Waals surface area (Å²) < 4.78 is 30.3. The molecule has 1 heterocycles. The first kappa shape index (κ1) is 17.7. The minimum Gasteiger partial charge on any atom is -0.491 e. The molecule has 2 rings (SSSR count). The summed E-state index contributed by atoms with van der Waals surface area (Å²) in [5.41, 5.74) is 0.627. The minimum atomic E-state index is -3.26. The number of sulfonamides is 1. The van der Waals surface area contributed by atoms with Crippen LogP contribution >= 0.6 is 0 Å². The Labute approximate surface area is 137 Å². The molecule has 0 saturated carbocycles. The fourth-order valence-corrected chi connectivity index (χ4v) is 3.51. The molecule has 1 aliphatic rings. The number of hydrogen-bond acceptors (Lipinski definition) is 4. The van der Waals surface area contributed by atoms with Gasteiger partial charge in [0.05, 0.1) is 24.5 Å². The summed E-state index contributed by atoms with van der Waals surface area (Å²) in [5, 5.41) is 2.88. The van der Waals surface area contributed by atoms with Crippen molar-refractivity contribution in [3.05, 3.63) is 24.3 Å². The number of nitrogens with zero attached hydrogens (tertiary/aromatic N) is 1. The first-order valence-electron chi connectivity index (χ1n) is 7.89. The van der Waals surface area contributed by atoms with Gasteiger partial charge in [-0.3, -0.25) is 4.79 Å². The highest BCUT2D eigenvalue weighted by Gasteiger charge is 2.30. The van der Waals surface area contributed by atoms with Gasteiger partial charge in [0.25, 0.3) is 0 Å². The molecule has 7 heteroatoms. The zero-order valence-corrected chi connectivity index (χ0v) is 14.4. The van der Waals surface area contributed by atoms with Crippen LogP contribution in [0.15, 0.2) is 24.3 Å². The van der Waals surface area contributed by atoms with Gasteiger partial charge in [0, 0.05) is 13.1 Å². The van der Waals surface area contributed by atoms with Gasteiger partial charge in [-0.25, -0.2) is 12.7 Å². The number of piperidine rings is 1. The summed E-state index contributed by atoms with van der Waals surface area (Å²) >= 11 is 0. The van der Waals surface area contributed by atoms with Gasteiger partial charge in [-0.1, -0.05) is 19.1 Å². The zero-order valence-electron chi connectivity index (χ0n) is 13.6. The molecule has 1 atom stereocenters. The van der Waals surface area contributed by atoms with E-state index in [2.05, 4.69) is 5.32 Å². The molecule has 0 radical (unpaired) electrons. The number of hydrogen-bond donors (Lipinski definition) is 1. The van der Waals surface area contributed by atoms with Crippen LogP contribution < -0.4 is 10.1 Å². The van der Waals surface area contributed by atoms with E-state index in [1.807, 2.05) is 25.1 Å². The third kappa shape index (κ3) is 4.94. The Kier molecular flexibility index (Phi) is 6.01. The van der Waals surface area contributed by atoms with Crippen LogP contribution in [0.2, 0.25) is 0 Å². The minimum absolute atomic E-state index is 0.161. The van der Waals surface area contributed by atoms with Crippen molar-refractivity contribution in [2.75, 3.05) is 31.3 Å². The SMILES string of the molecule is CCCOc1ccccc1NC(=O)C1CCCN(S(C)(=O)=O)C1. The number of nitrogens with one attached hydrogen (secondary N) is 1. The molecule has 1 amide bonds. The molecular weight excluding hydrogens is 316 g/mol. The molecule has 6 nitrogen and oxygen atoms in total. The van der Waals surface area contributed by atoms with Crippen molar-refractivity contribution in [3.63, 3.8) is 0 Å². The van der Waals surface area contributed by atoms with Crippen LogP contribution in [0.1, 0.15) is 26.2 Å².